The summed E-state index contributed by atoms with van der Waals surface area (Å²) in [5, 5.41) is 2.47. The topological polar surface area (TPSA) is 72.8 Å². The molecule has 0 aliphatic heterocycles. The minimum atomic E-state index is -0.610. The van der Waals surface area contributed by atoms with E-state index < -0.39 is 5.97 Å². The SMILES string of the molecule is CC(=O)CC(=O)OCCN=O. The molecule has 0 aromatic carbocycles. The van der Waals surface area contributed by atoms with Gasteiger partial charge in [0, 0.05) is 0 Å². The second-order valence-electron chi connectivity index (χ2n) is 1.95. The molecule has 5 nitrogen and oxygen atoms in total. The highest BCUT2D eigenvalue weighted by molar-refractivity contribution is 5.94. The molecule has 0 unspecified atom stereocenters. The lowest BCUT2D eigenvalue weighted by molar-refractivity contribution is -0.145. The van der Waals surface area contributed by atoms with Gasteiger partial charge in [-0.15, -0.1) is 0 Å². The van der Waals surface area contributed by atoms with E-state index in [4.69, 9.17) is 0 Å². The van der Waals surface area contributed by atoms with Gasteiger partial charge in [-0.3, -0.25) is 9.59 Å². The first-order valence-electron chi connectivity index (χ1n) is 3.11. The van der Waals surface area contributed by atoms with Crippen molar-refractivity contribution in [3.63, 3.8) is 0 Å². The molecular formula is C6H9NO4. The monoisotopic (exact) mass is 159 g/mol. The summed E-state index contributed by atoms with van der Waals surface area (Å²) in [5.41, 5.74) is 0. The molecule has 0 aliphatic carbocycles. The maximum atomic E-state index is 10.5. The summed E-state index contributed by atoms with van der Waals surface area (Å²) >= 11 is 0. The van der Waals surface area contributed by atoms with Gasteiger partial charge < -0.3 is 4.74 Å². The third kappa shape index (κ3) is 6.63. The van der Waals surface area contributed by atoms with Gasteiger partial charge in [-0.05, 0) is 6.92 Å². The summed E-state index contributed by atoms with van der Waals surface area (Å²) in [6.07, 6.45) is -0.237. The van der Waals surface area contributed by atoms with Crippen LogP contribution in [0.3, 0.4) is 0 Å². The molecule has 0 saturated carbocycles. The van der Waals surface area contributed by atoms with Crippen LogP contribution in [-0.2, 0) is 14.3 Å². The van der Waals surface area contributed by atoms with Gasteiger partial charge in [0.15, 0.2) is 0 Å². The third-order valence-corrected chi connectivity index (χ3v) is 0.839. The van der Waals surface area contributed by atoms with E-state index in [9.17, 15) is 14.5 Å². The van der Waals surface area contributed by atoms with Crippen LogP contribution in [-0.4, -0.2) is 24.9 Å². The Labute approximate surface area is 63.7 Å². The van der Waals surface area contributed by atoms with Gasteiger partial charge in [0.25, 0.3) is 0 Å². The van der Waals surface area contributed by atoms with Crippen LogP contribution in [0.4, 0.5) is 0 Å². The summed E-state index contributed by atoms with van der Waals surface area (Å²) in [6.45, 7) is 1.18. The van der Waals surface area contributed by atoms with Gasteiger partial charge in [0.2, 0.25) is 0 Å². The number of carbonyl (C=O) groups excluding carboxylic acids is 2. The molecule has 0 fully saturated rings. The van der Waals surface area contributed by atoms with E-state index in [-0.39, 0.29) is 25.4 Å². The number of carbonyl (C=O) groups is 2. The first kappa shape index (κ1) is 9.74. The van der Waals surface area contributed by atoms with Crippen LogP contribution in [0.25, 0.3) is 0 Å². The Balaban J connectivity index is 3.37. The molecule has 0 bridgehead atoms. The molecular weight excluding hydrogens is 150 g/mol. The van der Waals surface area contributed by atoms with Gasteiger partial charge in [0.1, 0.15) is 25.4 Å². The van der Waals surface area contributed by atoms with E-state index in [1.54, 1.807) is 0 Å². The molecule has 5 heteroatoms. The number of Topliss-reactive ketones (excluding diaryl/α,β-unsaturated/α-hetero) is 1. The second-order valence-corrected chi connectivity index (χ2v) is 1.95. The number of hydrogen-bond acceptors (Lipinski definition) is 5. The molecule has 0 aromatic heterocycles. The number of esters is 1. The zero-order valence-corrected chi connectivity index (χ0v) is 6.20. The van der Waals surface area contributed by atoms with Crippen LogP contribution in [0.15, 0.2) is 5.18 Å². The highest BCUT2D eigenvalue weighted by Gasteiger charge is 2.04. The van der Waals surface area contributed by atoms with E-state index in [1.165, 1.54) is 6.92 Å². The van der Waals surface area contributed by atoms with Crippen LogP contribution in [0.1, 0.15) is 13.3 Å². The lowest BCUT2D eigenvalue weighted by Crippen LogP contribution is -2.10. The molecule has 0 amide bonds. The Hall–Kier alpha value is -1.26. The lowest BCUT2D eigenvalue weighted by atomic mass is 10.3. The van der Waals surface area contributed by atoms with Crippen LogP contribution < -0.4 is 0 Å². The summed E-state index contributed by atoms with van der Waals surface area (Å²) in [6, 6.07) is 0. The molecule has 62 valence electrons. The van der Waals surface area contributed by atoms with Crippen molar-refractivity contribution in [2.24, 2.45) is 5.18 Å². The highest BCUT2D eigenvalue weighted by atomic mass is 16.5. The van der Waals surface area contributed by atoms with Crippen LogP contribution in [0.5, 0.6) is 0 Å². The minimum Gasteiger partial charge on any atom is -0.463 e. The Morgan fingerprint density at radius 1 is 1.45 bits per heavy atom. The van der Waals surface area contributed by atoms with E-state index in [1.807, 2.05) is 0 Å². The molecule has 0 spiro atoms. The molecule has 0 aliphatic rings. The van der Waals surface area contributed by atoms with Gasteiger partial charge >= 0.3 is 5.97 Å². The van der Waals surface area contributed by atoms with Gasteiger partial charge in [0.05, 0.1) is 0 Å². The lowest BCUT2D eigenvalue weighted by Gasteiger charge is -1.98. The Bertz CT molecular complexity index is 166. The Morgan fingerprint density at radius 3 is 2.55 bits per heavy atom. The summed E-state index contributed by atoms with van der Waals surface area (Å²) in [5.74, 6) is -0.866. The number of ether oxygens (including phenoxy) is 1. The first-order valence-corrected chi connectivity index (χ1v) is 3.11. The average molecular weight is 159 g/mol. The summed E-state index contributed by atoms with van der Waals surface area (Å²) in [7, 11) is 0. The fraction of sp³-hybridized carbons (Fsp3) is 0.667. The second kappa shape index (κ2) is 5.52. The fourth-order valence-electron chi connectivity index (χ4n) is 0.451. The predicted octanol–water partition coefficient (Wildman–Crippen LogP) is 0.275. The third-order valence-electron chi connectivity index (χ3n) is 0.839. The van der Waals surface area contributed by atoms with Crippen molar-refractivity contribution in [1.82, 2.24) is 0 Å². The number of ketones is 1. The van der Waals surface area contributed by atoms with E-state index in [0.29, 0.717) is 0 Å². The highest BCUT2D eigenvalue weighted by Crippen LogP contribution is 1.87. The zero-order valence-electron chi connectivity index (χ0n) is 6.20. The van der Waals surface area contributed by atoms with Crippen LogP contribution in [0, 0.1) is 4.91 Å². The van der Waals surface area contributed by atoms with Crippen molar-refractivity contribution in [3.05, 3.63) is 4.91 Å². The van der Waals surface area contributed by atoms with Crippen molar-refractivity contribution in [2.45, 2.75) is 13.3 Å². The molecule has 0 rings (SSSR count). The molecule has 0 heterocycles. The fourth-order valence-corrected chi connectivity index (χ4v) is 0.451. The van der Waals surface area contributed by atoms with Gasteiger partial charge in [-0.1, -0.05) is 5.18 Å². The quantitative estimate of drug-likeness (QED) is 0.250. The van der Waals surface area contributed by atoms with Crippen LogP contribution in [0.2, 0.25) is 0 Å². The van der Waals surface area contributed by atoms with Crippen LogP contribution >= 0.6 is 0 Å². The van der Waals surface area contributed by atoms with Crippen molar-refractivity contribution in [1.29, 1.82) is 0 Å². The van der Waals surface area contributed by atoms with E-state index in [2.05, 4.69) is 9.91 Å². The molecule has 0 aromatic rings. The molecule has 0 saturated heterocycles. The standard InChI is InChI=1S/C6H9NO4/c1-5(8)4-6(9)11-3-2-7-10/h2-4H2,1H3. The Morgan fingerprint density at radius 2 is 2.09 bits per heavy atom. The summed E-state index contributed by atoms with van der Waals surface area (Å²) in [4.78, 5) is 30.3. The maximum Gasteiger partial charge on any atom is 0.313 e. The normalized spacial score (nSPS) is 8.82. The van der Waals surface area contributed by atoms with Crippen molar-refractivity contribution in [2.75, 3.05) is 13.2 Å². The number of hydrogen-bond donors (Lipinski definition) is 0. The molecule has 0 atom stereocenters. The largest absolute Gasteiger partial charge is 0.463 e. The summed E-state index contributed by atoms with van der Waals surface area (Å²) < 4.78 is 4.44. The smallest absolute Gasteiger partial charge is 0.313 e. The maximum absolute atomic E-state index is 10.5. The molecule has 0 N–H and O–H groups in total. The first-order chi connectivity index (χ1) is 5.16. The van der Waals surface area contributed by atoms with Crippen molar-refractivity contribution in [3.8, 4) is 0 Å². The minimum absolute atomic E-state index is 0.0460. The van der Waals surface area contributed by atoms with Gasteiger partial charge in [-0.2, -0.15) is 4.91 Å². The Kier molecular flexibility index (Phi) is 4.89. The van der Waals surface area contributed by atoms with Crippen molar-refractivity contribution >= 4 is 11.8 Å². The van der Waals surface area contributed by atoms with Gasteiger partial charge in [-0.25, -0.2) is 0 Å². The molecule has 11 heavy (non-hydrogen) atoms. The number of nitrogens with zero attached hydrogens (tertiary/aromatic N) is 1. The average Bonchev–Trinajstić information content (AvgIpc) is 1.86. The van der Waals surface area contributed by atoms with E-state index in [0.717, 1.165) is 0 Å². The number of nitroso groups, excluding NO2 is 1. The predicted molar refractivity (Wildman–Crippen MR) is 36.9 cm³/mol. The zero-order chi connectivity index (χ0) is 8.69. The van der Waals surface area contributed by atoms with E-state index >= 15 is 0 Å². The number of rotatable bonds is 5. The molecule has 0 radical (unpaired) electrons. The van der Waals surface area contributed by atoms with Crippen molar-refractivity contribution < 1.29 is 14.3 Å².